The summed E-state index contributed by atoms with van der Waals surface area (Å²) in [6, 6.07) is 10.3. The van der Waals surface area contributed by atoms with Crippen molar-refractivity contribution in [3.05, 3.63) is 53.3 Å². The molecule has 6 nitrogen and oxygen atoms in total. The molecule has 8 heteroatoms. The van der Waals surface area contributed by atoms with Crippen LogP contribution in [0, 0.1) is 11.3 Å². The minimum absolute atomic E-state index is 0.0779. The molecule has 3 N–H and O–H groups in total. The number of amides is 1. The van der Waals surface area contributed by atoms with Crippen molar-refractivity contribution in [3.8, 4) is 11.8 Å². The fraction of sp³-hybridized carbons (Fsp3) is 0.200. The van der Waals surface area contributed by atoms with Gasteiger partial charge in [-0.1, -0.05) is 12.1 Å². The largest absolute Gasteiger partial charge is 0.435 e. The number of aliphatic hydroxyl groups is 1. The molecule has 1 atom stereocenters. The molecule has 1 aromatic heterocycles. The molecule has 120 valence electrons. The van der Waals surface area contributed by atoms with E-state index in [0.717, 1.165) is 0 Å². The summed E-state index contributed by atoms with van der Waals surface area (Å²) in [5, 5.41) is 21.2. The van der Waals surface area contributed by atoms with Crippen LogP contribution in [-0.2, 0) is 0 Å². The van der Waals surface area contributed by atoms with Gasteiger partial charge >= 0.3 is 6.61 Å². The molecule has 23 heavy (non-hydrogen) atoms. The van der Waals surface area contributed by atoms with Crippen molar-refractivity contribution in [1.29, 1.82) is 5.26 Å². The van der Waals surface area contributed by atoms with E-state index in [1.54, 1.807) is 0 Å². The van der Waals surface area contributed by atoms with Crippen molar-refractivity contribution in [2.75, 3.05) is 6.54 Å². The van der Waals surface area contributed by atoms with Crippen LogP contribution in [0.2, 0.25) is 0 Å². The minimum Gasteiger partial charge on any atom is -0.435 e. The van der Waals surface area contributed by atoms with Gasteiger partial charge in [-0.15, -0.1) is 0 Å². The molecular formula is C15H13F2N3O3. The Morgan fingerprint density at radius 1 is 1.39 bits per heavy atom. The zero-order chi connectivity index (χ0) is 16.8. The molecule has 1 unspecified atom stereocenters. The normalized spacial score (nSPS) is 11.8. The number of halogens is 2. The molecule has 2 aromatic rings. The first-order valence-electron chi connectivity index (χ1n) is 6.59. The van der Waals surface area contributed by atoms with Crippen molar-refractivity contribution in [1.82, 2.24) is 10.3 Å². The fourth-order valence-corrected chi connectivity index (χ4v) is 1.89. The van der Waals surface area contributed by atoms with E-state index in [1.165, 1.54) is 36.4 Å². The Balaban J connectivity index is 1.95. The molecule has 0 aliphatic rings. The number of nitrogens with zero attached hydrogens (tertiary/aromatic N) is 1. The average Bonchev–Trinajstić information content (AvgIpc) is 3.01. The Morgan fingerprint density at radius 2 is 2.17 bits per heavy atom. The van der Waals surface area contributed by atoms with Gasteiger partial charge in [-0.05, 0) is 29.8 Å². The van der Waals surface area contributed by atoms with Crippen molar-refractivity contribution in [3.63, 3.8) is 0 Å². The maximum absolute atomic E-state index is 12.2. The van der Waals surface area contributed by atoms with E-state index in [0.29, 0.717) is 5.56 Å². The Labute approximate surface area is 130 Å². The molecule has 0 fully saturated rings. The number of aliphatic hydroxyl groups excluding tert-OH is 1. The number of nitrogens with one attached hydrogen (secondary N) is 2. The molecule has 0 saturated heterocycles. The molecule has 0 spiro atoms. The standard InChI is InChI=1S/C15H13F2N3O3/c16-15(17)23-11-3-1-2-9(6-11)13(21)8-19-14(22)12-5-4-10(7-18)20-12/h1-6,13,15,20-21H,8H2,(H,19,22). The second-order valence-corrected chi connectivity index (χ2v) is 4.57. The van der Waals surface area contributed by atoms with Crippen LogP contribution in [0.15, 0.2) is 36.4 Å². The third kappa shape index (κ3) is 4.52. The quantitative estimate of drug-likeness (QED) is 0.757. The van der Waals surface area contributed by atoms with E-state index in [9.17, 15) is 18.7 Å². The molecule has 0 bridgehead atoms. The summed E-state index contributed by atoms with van der Waals surface area (Å²) in [4.78, 5) is 14.4. The number of nitriles is 1. The number of alkyl halides is 2. The molecule has 2 rings (SSSR count). The van der Waals surface area contributed by atoms with E-state index in [-0.39, 0.29) is 23.7 Å². The van der Waals surface area contributed by atoms with Crippen LogP contribution in [0.4, 0.5) is 8.78 Å². The smallest absolute Gasteiger partial charge is 0.387 e. The third-order valence-electron chi connectivity index (χ3n) is 2.98. The summed E-state index contributed by atoms with van der Waals surface area (Å²) >= 11 is 0. The number of carbonyl (C=O) groups is 1. The van der Waals surface area contributed by atoms with Crippen molar-refractivity contribution in [2.24, 2.45) is 0 Å². The second kappa shape index (κ2) is 7.38. The minimum atomic E-state index is -2.95. The highest BCUT2D eigenvalue weighted by Crippen LogP contribution is 2.20. The molecule has 0 radical (unpaired) electrons. The number of hydrogen-bond acceptors (Lipinski definition) is 4. The topological polar surface area (TPSA) is 98.1 Å². The summed E-state index contributed by atoms with van der Waals surface area (Å²) in [6.07, 6.45) is -1.09. The Bertz CT molecular complexity index is 725. The van der Waals surface area contributed by atoms with Crippen LogP contribution >= 0.6 is 0 Å². The summed E-state index contributed by atoms with van der Waals surface area (Å²) in [5.74, 6) is -0.573. The maximum atomic E-state index is 12.2. The summed E-state index contributed by atoms with van der Waals surface area (Å²) in [6.45, 7) is -3.08. The molecule has 0 aliphatic heterocycles. The Hall–Kier alpha value is -2.92. The van der Waals surface area contributed by atoms with Gasteiger partial charge in [-0.2, -0.15) is 14.0 Å². The van der Waals surface area contributed by atoms with Gasteiger partial charge in [0.25, 0.3) is 5.91 Å². The Morgan fingerprint density at radius 3 is 2.83 bits per heavy atom. The monoisotopic (exact) mass is 321 g/mol. The third-order valence-corrected chi connectivity index (χ3v) is 2.98. The lowest BCUT2D eigenvalue weighted by atomic mass is 10.1. The van der Waals surface area contributed by atoms with E-state index >= 15 is 0 Å². The van der Waals surface area contributed by atoms with Crippen LogP contribution < -0.4 is 10.1 Å². The highest BCUT2D eigenvalue weighted by Gasteiger charge is 2.13. The molecule has 1 amide bonds. The lowest BCUT2D eigenvalue weighted by molar-refractivity contribution is -0.0499. The molecule has 1 heterocycles. The number of carbonyl (C=O) groups excluding carboxylic acids is 1. The maximum Gasteiger partial charge on any atom is 0.387 e. The number of hydrogen-bond donors (Lipinski definition) is 3. The van der Waals surface area contributed by atoms with E-state index in [2.05, 4.69) is 15.0 Å². The lowest BCUT2D eigenvalue weighted by Crippen LogP contribution is -2.28. The Kier molecular flexibility index (Phi) is 5.28. The van der Waals surface area contributed by atoms with Gasteiger partial charge in [0.15, 0.2) is 0 Å². The van der Waals surface area contributed by atoms with Crippen LogP contribution in [-0.4, -0.2) is 29.2 Å². The number of rotatable bonds is 6. The summed E-state index contributed by atoms with van der Waals surface area (Å²) in [5.41, 5.74) is 0.753. The van der Waals surface area contributed by atoms with Gasteiger partial charge in [-0.3, -0.25) is 4.79 Å². The van der Waals surface area contributed by atoms with Gasteiger partial charge in [0, 0.05) is 6.54 Å². The predicted octanol–water partition coefficient (Wildman–Crippen LogP) is 1.95. The van der Waals surface area contributed by atoms with Crippen LogP contribution in [0.3, 0.4) is 0 Å². The molecule has 0 saturated carbocycles. The summed E-state index contributed by atoms with van der Waals surface area (Å²) in [7, 11) is 0. The van der Waals surface area contributed by atoms with Crippen LogP contribution in [0.5, 0.6) is 5.75 Å². The highest BCUT2D eigenvalue weighted by molar-refractivity contribution is 5.92. The van der Waals surface area contributed by atoms with Gasteiger partial charge in [-0.25, -0.2) is 0 Å². The van der Waals surface area contributed by atoms with E-state index in [4.69, 9.17) is 5.26 Å². The number of H-pyrrole nitrogens is 1. The second-order valence-electron chi connectivity index (χ2n) is 4.57. The van der Waals surface area contributed by atoms with Crippen molar-refractivity contribution in [2.45, 2.75) is 12.7 Å². The number of benzene rings is 1. The molecule has 1 aromatic carbocycles. The van der Waals surface area contributed by atoms with Crippen molar-refractivity contribution >= 4 is 5.91 Å². The van der Waals surface area contributed by atoms with E-state index in [1.807, 2.05) is 6.07 Å². The number of ether oxygens (including phenoxy) is 1. The van der Waals surface area contributed by atoms with Gasteiger partial charge in [0.2, 0.25) is 0 Å². The zero-order valence-electron chi connectivity index (χ0n) is 11.8. The lowest BCUT2D eigenvalue weighted by Gasteiger charge is -2.13. The van der Waals surface area contributed by atoms with Crippen molar-refractivity contribution < 1.29 is 23.4 Å². The zero-order valence-corrected chi connectivity index (χ0v) is 11.8. The fourth-order valence-electron chi connectivity index (χ4n) is 1.89. The van der Waals surface area contributed by atoms with E-state index < -0.39 is 18.6 Å². The molecular weight excluding hydrogens is 308 g/mol. The predicted molar refractivity (Wildman–Crippen MR) is 75.9 cm³/mol. The van der Waals surface area contributed by atoms with Crippen LogP contribution in [0.1, 0.15) is 27.8 Å². The highest BCUT2D eigenvalue weighted by atomic mass is 19.3. The first-order valence-corrected chi connectivity index (χ1v) is 6.59. The van der Waals surface area contributed by atoms with Gasteiger partial charge < -0.3 is 20.1 Å². The van der Waals surface area contributed by atoms with Gasteiger partial charge in [0.05, 0.1) is 6.10 Å². The number of aromatic nitrogens is 1. The molecule has 0 aliphatic carbocycles. The average molecular weight is 321 g/mol. The van der Waals surface area contributed by atoms with Crippen LogP contribution in [0.25, 0.3) is 0 Å². The first kappa shape index (κ1) is 16.5. The SMILES string of the molecule is N#Cc1ccc(C(=O)NCC(O)c2cccc(OC(F)F)c2)[nH]1. The first-order chi connectivity index (χ1) is 11.0. The summed E-state index contributed by atoms with van der Waals surface area (Å²) < 4.78 is 28.6. The van der Waals surface area contributed by atoms with Gasteiger partial charge in [0.1, 0.15) is 23.2 Å². The number of aromatic amines is 1.